The van der Waals surface area contributed by atoms with Gasteiger partial charge in [0.05, 0.1) is 18.7 Å². The molecule has 0 aliphatic heterocycles. The van der Waals surface area contributed by atoms with Gasteiger partial charge in [-0.05, 0) is 36.4 Å². The summed E-state index contributed by atoms with van der Waals surface area (Å²) in [6, 6.07) is 16.4. The highest BCUT2D eigenvalue weighted by atomic mass is 16.5. The van der Waals surface area contributed by atoms with Crippen LogP contribution < -0.4 is 14.8 Å². The molecule has 3 rings (SSSR count). The van der Waals surface area contributed by atoms with Crippen LogP contribution in [0.2, 0.25) is 0 Å². The molecule has 3 aromatic rings. The first kappa shape index (κ1) is 15.2. The van der Waals surface area contributed by atoms with Crippen LogP contribution in [0.4, 0.5) is 11.6 Å². The number of methoxy groups -OCH3 is 1. The quantitative estimate of drug-likeness (QED) is 0.771. The number of anilines is 2. The van der Waals surface area contributed by atoms with Gasteiger partial charge in [0.2, 0.25) is 5.95 Å². The van der Waals surface area contributed by atoms with E-state index in [0.717, 1.165) is 5.69 Å². The third kappa shape index (κ3) is 3.56. The fraction of sp³-hybridized carbons (Fsp3) is 0.0588. The second-order valence-corrected chi connectivity index (χ2v) is 4.66. The van der Waals surface area contributed by atoms with Gasteiger partial charge in [-0.2, -0.15) is 15.2 Å². The number of ether oxygens (including phenoxy) is 2. The van der Waals surface area contributed by atoms with E-state index in [2.05, 4.69) is 26.3 Å². The summed E-state index contributed by atoms with van der Waals surface area (Å²) < 4.78 is 10.9. The average Bonchev–Trinajstić information content (AvgIpc) is 2.63. The minimum absolute atomic E-state index is 0.144. The zero-order valence-electron chi connectivity index (χ0n) is 12.8. The second-order valence-electron chi connectivity index (χ2n) is 4.66. The highest BCUT2D eigenvalue weighted by Gasteiger charge is 2.08. The molecule has 118 valence electrons. The first-order chi connectivity index (χ1) is 11.8. The Kier molecular flexibility index (Phi) is 4.49. The zero-order valence-corrected chi connectivity index (χ0v) is 12.8. The summed E-state index contributed by atoms with van der Waals surface area (Å²) in [5.41, 5.74) is 1.33. The molecule has 0 amide bonds. The summed E-state index contributed by atoms with van der Waals surface area (Å²) >= 11 is 0. The van der Waals surface area contributed by atoms with Gasteiger partial charge in [0, 0.05) is 5.69 Å². The van der Waals surface area contributed by atoms with Crippen LogP contribution in [0.3, 0.4) is 0 Å². The maximum atomic E-state index is 8.81. The summed E-state index contributed by atoms with van der Waals surface area (Å²) in [6.07, 6.45) is 1.35. The molecule has 0 aliphatic carbocycles. The maximum Gasteiger partial charge on any atom is 0.326 e. The highest BCUT2D eigenvalue weighted by molar-refractivity contribution is 5.54. The molecule has 24 heavy (non-hydrogen) atoms. The minimum atomic E-state index is 0.144. The van der Waals surface area contributed by atoms with Crippen molar-refractivity contribution < 1.29 is 9.47 Å². The van der Waals surface area contributed by atoms with Gasteiger partial charge in [-0.1, -0.05) is 12.1 Å². The number of benzene rings is 2. The molecular weight excluding hydrogens is 306 g/mol. The van der Waals surface area contributed by atoms with Crippen molar-refractivity contribution in [2.45, 2.75) is 0 Å². The van der Waals surface area contributed by atoms with Crippen LogP contribution >= 0.6 is 0 Å². The lowest BCUT2D eigenvalue weighted by molar-refractivity contribution is 0.367. The van der Waals surface area contributed by atoms with Crippen molar-refractivity contribution in [3.8, 4) is 23.6 Å². The molecule has 0 unspecified atom stereocenters. The number of nitrogens with zero attached hydrogens (tertiary/aromatic N) is 4. The van der Waals surface area contributed by atoms with Crippen molar-refractivity contribution >= 4 is 11.6 Å². The summed E-state index contributed by atoms with van der Waals surface area (Å²) in [6.45, 7) is 0. The first-order valence-corrected chi connectivity index (χ1v) is 7.05. The second kappa shape index (κ2) is 7.07. The van der Waals surface area contributed by atoms with Gasteiger partial charge in [0.1, 0.15) is 6.33 Å². The number of hydrogen-bond donors (Lipinski definition) is 1. The minimum Gasteiger partial charge on any atom is -0.493 e. The lowest BCUT2D eigenvalue weighted by Crippen LogP contribution is -2.00. The van der Waals surface area contributed by atoms with Gasteiger partial charge in [0.25, 0.3) is 0 Å². The molecule has 0 bridgehead atoms. The molecule has 1 aromatic heterocycles. The third-order valence-electron chi connectivity index (χ3n) is 3.09. The molecule has 1 N–H and O–H groups in total. The normalized spacial score (nSPS) is 9.83. The largest absolute Gasteiger partial charge is 0.493 e. The summed E-state index contributed by atoms with van der Waals surface area (Å²) in [5.74, 6) is 1.43. The molecule has 0 saturated carbocycles. The van der Waals surface area contributed by atoms with E-state index in [-0.39, 0.29) is 6.01 Å². The first-order valence-electron chi connectivity index (χ1n) is 7.05. The molecular formula is C17H13N5O2. The monoisotopic (exact) mass is 319 g/mol. The van der Waals surface area contributed by atoms with Crippen LogP contribution in [0.25, 0.3) is 0 Å². The van der Waals surface area contributed by atoms with Crippen molar-refractivity contribution in [1.82, 2.24) is 15.0 Å². The van der Waals surface area contributed by atoms with E-state index in [0.29, 0.717) is 23.0 Å². The molecule has 0 atom stereocenters. The van der Waals surface area contributed by atoms with Crippen molar-refractivity contribution in [3.63, 3.8) is 0 Å². The SMILES string of the molecule is COc1ccccc1Oc1ncnc(Nc2ccc(C#N)cc2)n1. The number of aromatic nitrogens is 3. The molecule has 7 heteroatoms. The maximum absolute atomic E-state index is 8.81. The molecule has 0 radical (unpaired) electrons. The van der Waals surface area contributed by atoms with Crippen molar-refractivity contribution in [2.24, 2.45) is 0 Å². The number of nitriles is 1. The van der Waals surface area contributed by atoms with Crippen molar-refractivity contribution in [3.05, 3.63) is 60.4 Å². The van der Waals surface area contributed by atoms with Crippen LogP contribution in [0.15, 0.2) is 54.9 Å². The van der Waals surface area contributed by atoms with Crippen molar-refractivity contribution in [2.75, 3.05) is 12.4 Å². The van der Waals surface area contributed by atoms with E-state index in [9.17, 15) is 0 Å². The predicted molar refractivity (Wildman–Crippen MR) is 87.3 cm³/mol. The summed E-state index contributed by atoms with van der Waals surface area (Å²) in [7, 11) is 1.56. The number of rotatable bonds is 5. The van der Waals surface area contributed by atoms with E-state index in [1.165, 1.54) is 6.33 Å². The Morgan fingerprint density at radius 1 is 1.00 bits per heavy atom. The molecule has 0 saturated heterocycles. The molecule has 0 fully saturated rings. The molecule has 2 aromatic carbocycles. The fourth-order valence-corrected chi connectivity index (χ4v) is 1.95. The van der Waals surface area contributed by atoms with E-state index in [1.807, 2.05) is 12.1 Å². The summed E-state index contributed by atoms with van der Waals surface area (Å²) in [5, 5.41) is 11.8. The van der Waals surface area contributed by atoms with Crippen LogP contribution in [0.5, 0.6) is 17.5 Å². The van der Waals surface area contributed by atoms with Crippen molar-refractivity contribution in [1.29, 1.82) is 5.26 Å². The molecule has 0 spiro atoms. The Balaban J connectivity index is 1.77. The van der Waals surface area contributed by atoms with E-state index >= 15 is 0 Å². The standard InChI is InChI=1S/C17H13N5O2/c1-23-14-4-2-3-5-15(14)24-17-20-11-19-16(22-17)21-13-8-6-12(10-18)7-9-13/h2-9,11H,1H3,(H,19,20,21,22). The van der Waals surface area contributed by atoms with Gasteiger partial charge in [-0.15, -0.1) is 0 Å². The van der Waals surface area contributed by atoms with Crippen LogP contribution in [0.1, 0.15) is 5.56 Å². The number of para-hydroxylation sites is 2. The van der Waals surface area contributed by atoms with E-state index in [1.54, 1.807) is 43.5 Å². The predicted octanol–water partition coefficient (Wildman–Crippen LogP) is 3.29. The Bertz CT molecular complexity index is 875. The van der Waals surface area contributed by atoms with Crippen LogP contribution in [-0.4, -0.2) is 22.1 Å². The van der Waals surface area contributed by atoms with Gasteiger partial charge in [-0.3, -0.25) is 0 Å². The third-order valence-corrected chi connectivity index (χ3v) is 3.09. The van der Waals surface area contributed by atoms with E-state index in [4.69, 9.17) is 14.7 Å². The lowest BCUT2D eigenvalue weighted by Gasteiger charge is -2.09. The highest BCUT2D eigenvalue weighted by Crippen LogP contribution is 2.29. The smallest absolute Gasteiger partial charge is 0.326 e. The Hall–Kier alpha value is -3.66. The topological polar surface area (TPSA) is 93.0 Å². The average molecular weight is 319 g/mol. The number of nitrogens with one attached hydrogen (secondary N) is 1. The molecule has 1 heterocycles. The van der Waals surface area contributed by atoms with Gasteiger partial charge >= 0.3 is 6.01 Å². The van der Waals surface area contributed by atoms with Gasteiger partial charge in [0.15, 0.2) is 11.5 Å². The molecule has 7 nitrogen and oxygen atoms in total. The Morgan fingerprint density at radius 2 is 1.75 bits per heavy atom. The lowest BCUT2D eigenvalue weighted by atomic mass is 10.2. The van der Waals surface area contributed by atoms with Crippen LogP contribution in [0, 0.1) is 11.3 Å². The zero-order chi connectivity index (χ0) is 16.8. The Labute approximate surface area is 138 Å². The fourth-order valence-electron chi connectivity index (χ4n) is 1.95. The molecule has 0 aliphatic rings. The van der Waals surface area contributed by atoms with Gasteiger partial charge < -0.3 is 14.8 Å². The van der Waals surface area contributed by atoms with E-state index < -0.39 is 0 Å². The number of hydrogen-bond acceptors (Lipinski definition) is 7. The van der Waals surface area contributed by atoms with Gasteiger partial charge in [-0.25, -0.2) is 4.98 Å². The Morgan fingerprint density at radius 3 is 2.46 bits per heavy atom. The van der Waals surface area contributed by atoms with Crippen LogP contribution in [-0.2, 0) is 0 Å². The summed E-state index contributed by atoms with van der Waals surface area (Å²) in [4.78, 5) is 12.3.